The molecular formula is C23H16ClF3O2. The third-order valence-corrected chi connectivity index (χ3v) is 4.86. The summed E-state index contributed by atoms with van der Waals surface area (Å²) in [5.74, 6) is -2.83. The van der Waals surface area contributed by atoms with Gasteiger partial charge >= 0.3 is 12.0 Å². The number of alkyl halides is 3. The number of benzene rings is 3. The van der Waals surface area contributed by atoms with E-state index in [2.05, 4.69) is 0 Å². The Morgan fingerprint density at radius 3 is 2.00 bits per heavy atom. The highest BCUT2D eigenvalue weighted by Gasteiger charge is 2.65. The van der Waals surface area contributed by atoms with Crippen molar-refractivity contribution in [3.63, 3.8) is 0 Å². The Bertz CT molecular complexity index is 1000. The normalized spacial score (nSPS) is 23.2. The maximum absolute atomic E-state index is 14.3. The first-order valence-electron chi connectivity index (χ1n) is 8.90. The maximum Gasteiger partial charge on any atom is 0.460 e. The van der Waals surface area contributed by atoms with Gasteiger partial charge in [-0.2, -0.15) is 13.2 Å². The monoisotopic (exact) mass is 416 g/mol. The average Bonchev–Trinajstić information content (AvgIpc) is 3.12. The lowest BCUT2D eigenvalue weighted by atomic mass is 10.1. The summed E-state index contributed by atoms with van der Waals surface area (Å²) in [5, 5.41) is 0.532. The number of hydrogen-bond donors (Lipinski definition) is 0. The highest BCUT2D eigenvalue weighted by Crippen LogP contribution is 2.54. The van der Waals surface area contributed by atoms with Crippen molar-refractivity contribution in [1.29, 1.82) is 0 Å². The first-order valence-corrected chi connectivity index (χ1v) is 9.28. The molecule has 0 saturated carbocycles. The van der Waals surface area contributed by atoms with Gasteiger partial charge in [0.05, 0.1) is 0 Å². The molecule has 2 nitrogen and oxygen atoms in total. The summed E-state index contributed by atoms with van der Waals surface area (Å²) in [4.78, 5) is 0. The molecule has 0 aromatic heterocycles. The minimum atomic E-state index is -4.79. The molecular weight excluding hydrogens is 401 g/mol. The number of halogens is 4. The summed E-state index contributed by atoms with van der Waals surface area (Å²) < 4.78 is 54.0. The van der Waals surface area contributed by atoms with Crippen LogP contribution in [-0.2, 0) is 15.3 Å². The first-order chi connectivity index (χ1) is 13.9. The summed E-state index contributed by atoms with van der Waals surface area (Å²) in [6.07, 6.45) is -4.27. The Morgan fingerprint density at radius 1 is 0.828 bits per heavy atom. The Morgan fingerprint density at radius 2 is 1.41 bits per heavy atom. The van der Waals surface area contributed by atoms with Crippen LogP contribution >= 0.6 is 11.6 Å². The van der Waals surface area contributed by atoms with E-state index in [-0.39, 0.29) is 11.3 Å². The van der Waals surface area contributed by atoms with Crippen LogP contribution in [0.25, 0.3) is 6.08 Å². The molecule has 3 aromatic carbocycles. The second-order valence-electron chi connectivity index (χ2n) is 6.59. The third-order valence-electron chi connectivity index (χ3n) is 4.61. The van der Waals surface area contributed by atoms with Crippen LogP contribution in [0.1, 0.15) is 22.8 Å². The fourth-order valence-electron chi connectivity index (χ4n) is 3.23. The predicted octanol–water partition coefficient (Wildman–Crippen LogP) is 6.88. The van der Waals surface area contributed by atoms with Crippen molar-refractivity contribution in [3.05, 3.63) is 112 Å². The largest absolute Gasteiger partial charge is 0.460 e. The van der Waals surface area contributed by atoms with E-state index >= 15 is 0 Å². The van der Waals surface area contributed by atoms with E-state index in [9.17, 15) is 13.2 Å². The van der Waals surface area contributed by atoms with Crippen molar-refractivity contribution in [3.8, 4) is 0 Å². The molecule has 0 spiro atoms. The Kier molecular flexibility index (Phi) is 5.11. The molecule has 1 fully saturated rings. The van der Waals surface area contributed by atoms with Crippen molar-refractivity contribution in [1.82, 2.24) is 0 Å². The molecule has 1 heterocycles. The topological polar surface area (TPSA) is 18.5 Å². The summed E-state index contributed by atoms with van der Waals surface area (Å²) >= 11 is 5.91. The summed E-state index contributed by atoms with van der Waals surface area (Å²) in [6.45, 7) is 0. The van der Waals surface area contributed by atoms with Crippen molar-refractivity contribution in [2.24, 2.45) is 0 Å². The van der Waals surface area contributed by atoms with E-state index in [1.807, 2.05) is 0 Å². The number of hydrogen-bond acceptors (Lipinski definition) is 2. The van der Waals surface area contributed by atoms with Gasteiger partial charge in [-0.25, -0.2) is 0 Å². The number of rotatable bonds is 3. The van der Waals surface area contributed by atoms with Crippen molar-refractivity contribution in [2.75, 3.05) is 0 Å². The molecule has 148 valence electrons. The molecule has 4 rings (SSSR count). The van der Waals surface area contributed by atoms with Crippen molar-refractivity contribution in [2.45, 2.75) is 18.1 Å². The molecule has 29 heavy (non-hydrogen) atoms. The zero-order valence-corrected chi connectivity index (χ0v) is 15.8. The number of ether oxygens (including phenoxy) is 2. The Labute approximate surface area is 171 Å². The lowest BCUT2D eigenvalue weighted by Crippen LogP contribution is -2.43. The van der Waals surface area contributed by atoms with Gasteiger partial charge in [-0.15, -0.1) is 0 Å². The fraction of sp³-hybridized carbons (Fsp3) is 0.130. The van der Waals surface area contributed by atoms with Crippen LogP contribution in [0.4, 0.5) is 13.2 Å². The Balaban J connectivity index is 1.85. The predicted molar refractivity (Wildman–Crippen MR) is 105 cm³/mol. The third kappa shape index (κ3) is 3.76. The highest BCUT2D eigenvalue weighted by molar-refractivity contribution is 6.30. The van der Waals surface area contributed by atoms with E-state index in [0.717, 1.165) is 0 Å². The van der Waals surface area contributed by atoms with Crippen LogP contribution in [0.5, 0.6) is 0 Å². The molecule has 2 atom stereocenters. The molecule has 2 unspecified atom stereocenters. The van der Waals surface area contributed by atoms with Crippen LogP contribution in [-0.4, -0.2) is 6.18 Å². The average molecular weight is 417 g/mol. The zero-order chi connectivity index (χ0) is 20.5. The minimum Gasteiger partial charge on any atom is -0.451 e. The maximum atomic E-state index is 14.3. The summed E-state index contributed by atoms with van der Waals surface area (Å²) in [7, 11) is 0. The van der Waals surface area contributed by atoms with E-state index in [4.69, 9.17) is 21.1 Å². The zero-order valence-electron chi connectivity index (χ0n) is 15.1. The molecule has 0 amide bonds. The van der Waals surface area contributed by atoms with E-state index in [1.165, 1.54) is 24.3 Å². The van der Waals surface area contributed by atoms with Gasteiger partial charge in [-0.3, -0.25) is 0 Å². The lowest BCUT2D eigenvalue weighted by molar-refractivity contribution is -0.354. The second kappa shape index (κ2) is 7.58. The molecule has 0 aliphatic carbocycles. The SMILES string of the molecule is FC(F)(F)C1(c2ccccc2)O/C(=C\c2ccc(Cl)cc2)C(c2ccccc2)O1. The van der Waals surface area contributed by atoms with Crippen molar-refractivity contribution < 1.29 is 22.6 Å². The molecule has 1 aliphatic heterocycles. The highest BCUT2D eigenvalue weighted by atomic mass is 35.5. The summed E-state index contributed by atoms with van der Waals surface area (Å²) in [6, 6.07) is 22.8. The standard InChI is InChI=1S/C23H16ClF3O2/c24-19-13-11-16(12-14-19)15-20-21(17-7-3-1-4-8-17)29-22(28-20,23(25,26)27)18-9-5-2-6-10-18/h1-15,21H/b20-15-. The lowest BCUT2D eigenvalue weighted by Gasteiger charge is -2.30. The fourth-order valence-corrected chi connectivity index (χ4v) is 3.36. The van der Waals surface area contributed by atoms with Crippen LogP contribution in [0.15, 0.2) is 90.7 Å². The smallest absolute Gasteiger partial charge is 0.451 e. The van der Waals surface area contributed by atoms with Gasteiger partial charge < -0.3 is 9.47 Å². The van der Waals surface area contributed by atoms with Gasteiger partial charge in [0.25, 0.3) is 0 Å². The van der Waals surface area contributed by atoms with Gasteiger partial charge in [-0.05, 0) is 29.3 Å². The molecule has 0 bridgehead atoms. The van der Waals surface area contributed by atoms with E-state index in [0.29, 0.717) is 16.1 Å². The van der Waals surface area contributed by atoms with Crippen molar-refractivity contribution >= 4 is 17.7 Å². The van der Waals surface area contributed by atoms with E-state index in [1.54, 1.807) is 66.7 Å². The minimum absolute atomic E-state index is 0.0692. The van der Waals surface area contributed by atoms with Gasteiger partial charge in [0.2, 0.25) is 0 Å². The first kappa shape index (κ1) is 19.6. The molecule has 1 aliphatic rings. The second-order valence-corrected chi connectivity index (χ2v) is 7.03. The van der Waals surface area contributed by atoms with Crippen LogP contribution in [0.2, 0.25) is 5.02 Å². The molecule has 0 N–H and O–H groups in total. The summed E-state index contributed by atoms with van der Waals surface area (Å²) in [5.41, 5.74) is 1.10. The molecule has 6 heteroatoms. The molecule has 0 radical (unpaired) electrons. The van der Waals surface area contributed by atoms with Crippen LogP contribution in [0.3, 0.4) is 0 Å². The quantitative estimate of drug-likeness (QED) is 0.463. The van der Waals surface area contributed by atoms with Gasteiger partial charge in [0.1, 0.15) is 11.9 Å². The molecule has 1 saturated heterocycles. The van der Waals surface area contributed by atoms with Crippen LogP contribution < -0.4 is 0 Å². The van der Waals surface area contributed by atoms with E-state index < -0.39 is 18.1 Å². The van der Waals surface area contributed by atoms with Gasteiger partial charge in [0.15, 0.2) is 0 Å². The van der Waals surface area contributed by atoms with Crippen LogP contribution in [0, 0.1) is 0 Å². The molecule has 3 aromatic rings. The van der Waals surface area contributed by atoms with Gasteiger partial charge in [0, 0.05) is 10.6 Å². The Hall–Kier alpha value is -2.76. The van der Waals surface area contributed by atoms with Gasteiger partial charge in [-0.1, -0.05) is 84.4 Å².